The Balaban J connectivity index is 2.08. The second-order valence-electron chi connectivity index (χ2n) is 4.44. The minimum absolute atomic E-state index is 0.153. The molecule has 2 rings (SSSR count). The van der Waals surface area contributed by atoms with Crippen molar-refractivity contribution in [3.8, 4) is 5.75 Å². The Morgan fingerprint density at radius 3 is 2.65 bits per heavy atom. The summed E-state index contributed by atoms with van der Waals surface area (Å²) in [5, 5.41) is 12.5. The number of rotatable bonds is 4. The Morgan fingerprint density at radius 1 is 1.20 bits per heavy atom. The van der Waals surface area contributed by atoms with Crippen molar-refractivity contribution in [2.24, 2.45) is 0 Å². The average molecular weight is 267 g/mol. The van der Waals surface area contributed by atoms with E-state index in [4.69, 9.17) is 0 Å². The first-order valence-corrected chi connectivity index (χ1v) is 6.48. The maximum absolute atomic E-state index is 12.1. The molecule has 0 fully saturated rings. The number of phenols is 1. The summed E-state index contributed by atoms with van der Waals surface area (Å²) in [6.07, 6.45) is 3.59. The van der Waals surface area contributed by atoms with Crippen LogP contribution in [0.2, 0.25) is 0 Å². The molecule has 0 aliphatic carbocycles. The molecule has 0 aliphatic rings. The van der Waals surface area contributed by atoms with E-state index >= 15 is 0 Å². The molecule has 0 unspecified atom stereocenters. The summed E-state index contributed by atoms with van der Waals surface area (Å²) < 4.78 is 0. The Kier molecular flexibility index (Phi) is 4.56. The van der Waals surface area contributed by atoms with Crippen molar-refractivity contribution < 1.29 is 9.90 Å². The van der Waals surface area contributed by atoms with Gasteiger partial charge in [-0.15, -0.1) is 0 Å². The molecule has 2 aromatic rings. The number of nitrogens with one attached hydrogen (secondary N) is 1. The number of phenolic OH excluding ortho intramolecular Hbond substituents is 1. The molecular weight excluding hydrogens is 250 g/mol. The molecule has 0 spiro atoms. The molecule has 3 nitrogen and oxygen atoms in total. The minimum Gasteiger partial charge on any atom is -0.507 e. The van der Waals surface area contributed by atoms with Crippen molar-refractivity contribution in [1.29, 1.82) is 0 Å². The van der Waals surface area contributed by atoms with E-state index in [1.54, 1.807) is 18.2 Å². The molecule has 20 heavy (non-hydrogen) atoms. The van der Waals surface area contributed by atoms with Crippen molar-refractivity contribution in [3.63, 3.8) is 0 Å². The highest BCUT2D eigenvalue weighted by molar-refractivity contribution is 5.95. The summed E-state index contributed by atoms with van der Waals surface area (Å²) in [4.78, 5) is 12.1. The zero-order valence-corrected chi connectivity index (χ0v) is 11.3. The minimum atomic E-state index is -0.153. The molecular formula is C17H17NO2. The topological polar surface area (TPSA) is 49.3 Å². The Labute approximate surface area is 118 Å². The number of carbonyl (C=O) groups is 1. The van der Waals surface area contributed by atoms with Gasteiger partial charge < -0.3 is 10.4 Å². The van der Waals surface area contributed by atoms with Gasteiger partial charge in [-0.05, 0) is 30.7 Å². The van der Waals surface area contributed by atoms with E-state index in [-0.39, 0.29) is 11.7 Å². The van der Waals surface area contributed by atoms with E-state index in [1.165, 1.54) is 6.07 Å². The molecule has 3 heteroatoms. The van der Waals surface area contributed by atoms with Gasteiger partial charge in [-0.25, -0.2) is 0 Å². The molecule has 0 aliphatic heterocycles. The van der Waals surface area contributed by atoms with E-state index in [1.807, 2.05) is 43.3 Å². The molecule has 102 valence electrons. The Morgan fingerprint density at radius 2 is 1.95 bits per heavy atom. The molecule has 0 aromatic heterocycles. The van der Waals surface area contributed by atoms with Gasteiger partial charge in [-0.2, -0.15) is 0 Å². The highest BCUT2D eigenvalue weighted by Gasteiger charge is 2.07. The van der Waals surface area contributed by atoms with Crippen molar-refractivity contribution in [2.75, 3.05) is 0 Å². The zero-order chi connectivity index (χ0) is 14.4. The van der Waals surface area contributed by atoms with Crippen LogP contribution in [0.15, 0.2) is 54.6 Å². The average Bonchev–Trinajstić information content (AvgIpc) is 2.48. The number of benzene rings is 2. The van der Waals surface area contributed by atoms with Gasteiger partial charge in [0, 0.05) is 17.7 Å². The van der Waals surface area contributed by atoms with Gasteiger partial charge in [-0.3, -0.25) is 4.79 Å². The van der Waals surface area contributed by atoms with Crippen LogP contribution >= 0.6 is 0 Å². The molecule has 1 amide bonds. The number of carbonyl (C=O) groups excluding carboxylic acids is 1. The van der Waals surface area contributed by atoms with Crippen LogP contribution in [0.1, 0.15) is 28.4 Å². The predicted molar refractivity (Wildman–Crippen MR) is 80.4 cm³/mol. The highest BCUT2D eigenvalue weighted by Crippen LogP contribution is 2.20. The Bertz CT molecular complexity index is 618. The summed E-state index contributed by atoms with van der Waals surface area (Å²) >= 11 is 0. The fourth-order valence-corrected chi connectivity index (χ4v) is 1.89. The van der Waals surface area contributed by atoms with Crippen LogP contribution in [0.25, 0.3) is 6.08 Å². The lowest BCUT2D eigenvalue weighted by Crippen LogP contribution is -2.22. The first-order chi connectivity index (χ1) is 9.70. The maximum Gasteiger partial charge on any atom is 0.251 e. The van der Waals surface area contributed by atoms with Gasteiger partial charge >= 0.3 is 0 Å². The number of hydrogen-bond acceptors (Lipinski definition) is 2. The summed E-state index contributed by atoms with van der Waals surface area (Å²) in [5.41, 5.74) is 2.22. The van der Waals surface area contributed by atoms with E-state index in [0.717, 1.165) is 5.56 Å². The van der Waals surface area contributed by atoms with Crippen LogP contribution in [-0.4, -0.2) is 11.0 Å². The van der Waals surface area contributed by atoms with E-state index in [2.05, 4.69) is 5.32 Å². The van der Waals surface area contributed by atoms with Gasteiger partial charge in [0.1, 0.15) is 5.75 Å². The lowest BCUT2D eigenvalue weighted by atomic mass is 10.1. The number of hydrogen-bond donors (Lipinski definition) is 2. The second kappa shape index (κ2) is 6.57. The van der Waals surface area contributed by atoms with Crippen LogP contribution in [0.3, 0.4) is 0 Å². The maximum atomic E-state index is 12.1. The van der Waals surface area contributed by atoms with Crippen LogP contribution in [-0.2, 0) is 6.54 Å². The zero-order valence-electron chi connectivity index (χ0n) is 11.3. The highest BCUT2D eigenvalue weighted by atomic mass is 16.3. The third-order valence-corrected chi connectivity index (χ3v) is 2.93. The normalized spacial score (nSPS) is 10.7. The quantitative estimate of drug-likeness (QED) is 0.892. The first-order valence-electron chi connectivity index (χ1n) is 6.48. The molecule has 2 aromatic carbocycles. The lowest BCUT2D eigenvalue weighted by Gasteiger charge is -2.07. The fraction of sp³-hybridized carbons (Fsp3) is 0.118. The second-order valence-corrected chi connectivity index (χ2v) is 4.44. The van der Waals surface area contributed by atoms with Gasteiger partial charge in [0.15, 0.2) is 0 Å². The van der Waals surface area contributed by atoms with Crippen molar-refractivity contribution >= 4 is 12.0 Å². The fourth-order valence-electron chi connectivity index (χ4n) is 1.89. The van der Waals surface area contributed by atoms with E-state index in [9.17, 15) is 9.90 Å². The molecule has 0 saturated heterocycles. The first kappa shape index (κ1) is 13.9. The summed E-state index contributed by atoms with van der Waals surface area (Å²) in [5.74, 6) is 0.0160. The standard InChI is InChI=1S/C17H17NO2/c1-2-6-14-11-15(9-10-16(14)19)17(20)18-12-13-7-4-3-5-8-13/h2-11,19H,12H2,1H3,(H,18,20)/b6-2+. The molecule has 0 radical (unpaired) electrons. The van der Waals surface area contributed by atoms with Crippen LogP contribution < -0.4 is 5.32 Å². The van der Waals surface area contributed by atoms with Gasteiger partial charge in [-0.1, -0.05) is 42.5 Å². The van der Waals surface area contributed by atoms with Crippen molar-refractivity contribution in [1.82, 2.24) is 5.32 Å². The third-order valence-electron chi connectivity index (χ3n) is 2.93. The van der Waals surface area contributed by atoms with Crippen LogP contribution in [0.4, 0.5) is 0 Å². The molecule has 0 atom stereocenters. The molecule has 0 saturated carbocycles. The molecule has 2 N–H and O–H groups in total. The molecule has 0 bridgehead atoms. The van der Waals surface area contributed by atoms with Gasteiger partial charge in [0.05, 0.1) is 0 Å². The van der Waals surface area contributed by atoms with Gasteiger partial charge in [0.2, 0.25) is 0 Å². The summed E-state index contributed by atoms with van der Waals surface area (Å²) in [6, 6.07) is 14.6. The number of aromatic hydroxyl groups is 1. The van der Waals surface area contributed by atoms with Crippen LogP contribution in [0, 0.1) is 0 Å². The largest absolute Gasteiger partial charge is 0.507 e. The Hall–Kier alpha value is -2.55. The van der Waals surface area contributed by atoms with E-state index in [0.29, 0.717) is 17.7 Å². The predicted octanol–water partition coefficient (Wildman–Crippen LogP) is 3.36. The lowest BCUT2D eigenvalue weighted by molar-refractivity contribution is 0.0951. The summed E-state index contributed by atoms with van der Waals surface area (Å²) in [6.45, 7) is 2.35. The monoisotopic (exact) mass is 267 g/mol. The third kappa shape index (κ3) is 3.48. The number of allylic oxidation sites excluding steroid dienone is 1. The molecule has 0 heterocycles. The van der Waals surface area contributed by atoms with Crippen molar-refractivity contribution in [3.05, 3.63) is 71.3 Å². The number of amides is 1. The van der Waals surface area contributed by atoms with Gasteiger partial charge in [0.25, 0.3) is 5.91 Å². The van der Waals surface area contributed by atoms with Crippen LogP contribution in [0.5, 0.6) is 5.75 Å². The van der Waals surface area contributed by atoms with E-state index < -0.39 is 0 Å². The smallest absolute Gasteiger partial charge is 0.251 e. The van der Waals surface area contributed by atoms with Crippen molar-refractivity contribution in [2.45, 2.75) is 13.5 Å². The summed E-state index contributed by atoms with van der Waals surface area (Å²) in [7, 11) is 0. The SMILES string of the molecule is C/C=C/c1cc(C(=O)NCc2ccccc2)ccc1O.